The summed E-state index contributed by atoms with van der Waals surface area (Å²) in [5.41, 5.74) is 1.61. The maximum atomic E-state index is 12.8. The van der Waals surface area contributed by atoms with Crippen molar-refractivity contribution < 1.29 is 19.1 Å². The molecule has 0 aliphatic carbocycles. The van der Waals surface area contributed by atoms with Crippen LogP contribution < -0.4 is 14.8 Å². The molecule has 0 atom stereocenters. The second-order valence-electron chi connectivity index (χ2n) is 6.61. The third-order valence-corrected chi connectivity index (χ3v) is 6.51. The summed E-state index contributed by atoms with van der Waals surface area (Å²) in [6.45, 7) is 0.612. The number of amides is 2. The molecule has 0 radical (unpaired) electrons. The molecule has 0 bridgehead atoms. The summed E-state index contributed by atoms with van der Waals surface area (Å²) in [7, 11) is 0. The van der Waals surface area contributed by atoms with Gasteiger partial charge in [0, 0.05) is 22.2 Å². The van der Waals surface area contributed by atoms with E-state index in [0.29, 0.717) is 40.1 Å². The van der Waals surface area contributed by atoms with E-state index >= 15 is 0 Å². The van der Waals surface area contributed by atoms with Crippen LogP contribution in [0, 0.1) is 3.57 Å². The van der Waals surface area contributed by atoms with E-state index in [1.807, 2.05) is 42.5 Å². The number of carbonyl (C=O) groups is 2. The van der Waals surface area contributed by atoms with Gasteiger partial charge in [0.15, 0.2) is 11.5 Å². The summed E-state index contributed by atoms with van der Waals surface area (Å²) in [5, 5.41) is 2.87. The number of anilines is 1. The largest absolute Gasteiger partial charge is 0.454 e. The van der Waals surface area contributed by atoms with Gasteiger partial charge in [-0.1, -0.05) is 36.1 Å². The number of halogens is 1. The van der Waals surface area contributed by atoms with E-state index in [1.54, 1.807) is 11.0 Å². The first-order chi connectivity index (χ1) is 14.5. The lowest BCUT2D eigenvalue weighted by Crippen LogP contribution is -2.29. The Morgan fingerprint density at radius 1 is 1.23 bits per heavy atom. The highest BCUT2D eigenvalue weighted by molar-refractivity contribution is 14.1. The third kappa shape index (κ3) is 4.96. The molecule has 2 aliphatic heterocycles. The van der Waals surface area contributed by atoms with Gasteiger partial charge < -0.3 is 14.8 Å². The van der Waals surface area contributed by atoms with Gasteiger partial charge in [-0.3, -0.25) is 14.5 Å². The third-order valence-electron chi connectivity index (χ3n) is 4.46. The van der Waals surface area contributed by atoms with Crippen LogP contribution in [0.15, 0.2) is 47.4 Å². The molecule has 2 aliphatic rings. The fraction of sp³-hybridized carbons (Fsp3) is 0.190. The maximum Gasteiger partial charge on any atom is 0.266 e. The van der Waals surface area contributed by atoms with Crippen LogP contribution in [-0.4, -0.2) is 34.4 Å². The fourth-order valence-electron chi connectivity index (χ4n) is 3.03. The zero-order chi connectivity index (χ0) is 21.1. The van der Waals surface area contributed by atoms with Gasteiger partial charge in [-0.2, -0.15) is 0 Å². The van der Waals surface area contributed by atoms with Crippen LogP contribution in [0.25, 0.3) is 6.08 Å². The van der Waals surface area contributed by atoms with Crippen molar-refractivity contribution in [1.29, 1.82) is 0 Å². The van der Waals surface area contributed by atoms with Gasteiger partial charge in [-0.15, -0.1) is 0 Å². The number of benzene rings is 2. The molecule has 30 heavy (non-hydrogen) atoms. The van der Waals surface area contributed by atoms with Crippen LogP contribution in [0.2, 0.25) is 0 Å². The zero-order valence-electron chi connectivity index (χ0n) is 15.7. The summed E-state index contributed by atoms with van der Waals surface area (Å²) in [6.07, 6.45) is 2.63. The molecule has 2 heterocycles. The van der Waals surface area contributed by atoms with Gasteiger partial charge in [0.2, 0.25) is 12.7 Å². The lowest BCUT2D eigenvalue weighted by molar-refractivity contribution is -0.122. The number of rotatable bonds is 6. The zero-order valence-corrected chi connectivity index (χ0v) is 19.5. The first-order valence-electron chi connectivity index (χ1n) is 9.20. The van der Waals surface area contributed by atoms with Crippen molar-refractivity contribution in [2.45, 2.75) is 12.8 Å². The number of hydrogen-bond donors (Lipinski definition) is 1. The van der Waals surface area contributed by atoms with E-state index in [-0.39, 0.29) is 18.6 Å². The van der Waals surface area contributed by atoms with Crippen molar-refractivity contribution in [3.05, 3.63) is 56.5 Å². The van der Waals surface area contributed by atoms with Crippen molar-refractivity contribution in [2.75, 3.05) is 18.7 Å². The molecule has 154 valence electrons. The van der Waals surface area contributed by atoms with Gasteiger partial charge in [0.05, 0.1) is 4.91 Å². The van der Waals surface area contributed by atoms with E-state index in [2.05, 4.69) is 27.9 Å². The Labute approximate surface area is 197 Å². The molecule has 1 fully saturated rings. The number of thiocarbonyl (C=S) groups is 1. The van der Waals surface area contributed by atoms with Gasteiger partial charge >= 0.3 is 0 Å². The predicted octanol–water partition coefficient (Wildman–Crippen LogP) is 4.64. The van der Waals surface area contributed by atoms with E-state index in [0.717, 1.165) is 14.8 Å². The Morgan fingerprint density at radius 3 is 2.90 bits per heavy atom. The number of fused-ring (bicyclic) bond motifs is 1. The Balaban J connectivity index is 1.32. The molecule has 1 saturated heterocycles. The molecular formula is C21H17IN2O4S2. The van der Waals surface area contributed by atoms with E-state index < -0.39 is 0 Å². The number of hydrogen-bond acceptors (Lipinski definition) is 6. The summed E-state index contributed by atoms with van der Waals surface area (Å²) >= 11 is 8.84. The average Bonchev–Trinajstić information content (AvgIpc) is 3.27. The van der Waals surface area contributed by atoms with Crippen LogP contribution in [0.3, 0.4) is 0 Å². The molecule has 0 spiro atoms. The summed E-state index contributed by atoms with van der Waals surface area (Å²) in [5.74, 6) is 1.14. The highest BCUT2D eigenvalue weighted by Crippen LogP contribution is 2.36. The predicted molar refractivity (Wildman–Crippen MR) is 129 cm³/mol. The molecule has 6 nitrogen and oxygen atoms in total. The van der Waals surface area contributed by atoms with Crippen LogP contribution in [0.4, 0.5) is 5.69 Å². The van der Waals surface area contributed by atoms with Crippen LogP contribution >= 0.6 is 46.6 Å². The molecule has 9 heteroatoms. The monoisotopic (exact) mass is 552 g/mol. The molecule has 0 aromatic heterocycles. The van der Waals surface area contributed by atoms with E-state index in [4.69, 9.17) is 21.7 Å². The first-order valence-corrected chi connectivity index (χ1v) is 11.5. The lowest BCUT2D eigenvalue weighted by atomic mass is 10.2. The van der Waals surface area contributed by atoms with Gasteiger partial charge in [-0.05, 0) is 71.0 Å². The maximum absolute atomic E-state index is 12.8. The quantitative estimate of drug-likeness (QED) is 0.320. The minimum Gasteiger partial charge on any atom is -0.454 e. The number of carbonyl (C=O) groups excluding carboxylic acids is 2. The van der Waals surface area contributed by atoms with Crippen molar-refractivity contribution >= 4 is 74.5 Å². The number of nitrogens with one attached hydrogen (secondary N) is 1. The van der Waals surface area contributed by atoms with Crippen LogP contribution in [0.1, 0.15) is 18.4 Å². The molecule has 4 rings (SSSR count). The number of thioether (sulfide) groups is 1. The normalized spacial score (nSPS) is 16.4. The molecule has 0 saturated carbocycles. The van der Waals surface area contributed by atoms with Gasteiger partial charge in [0.1, 0.15) is 4.32 Å². The van der Waals surface area contributed by atoms with Crippen molar-refractivity contribution in [3.63, 3.8) is 0 Å². The SMILES string of the molecule is O=C(CCCN1C(=O)/C(=C/c2ccc3c(c2)OCO3)SC1=S)Nc1cccc(I)c1. The summed E-state index contributed by atoms with van der Waals surface area (Å²) in [6, 6.07) is 13.1. The molecule has 2 amide bonds. The van der Waals surface area contributed by atoms with Crippen molar-refractivity contribution in [2.24, 2.45) is 0 Å². The average molecular weight is 552 g/mol. The number of ether oxygens (including phenoxy) is 2. The van der Waals surface area contributed by atoms with Gasteiger partial charge in [0.25, 0.3) is 5.91 Å². The first kappa shape index (κ1) is 21.1. The topological polar surface area (TPSA) is 67.9 Å². The highest BCUT2D eigenvalue weighted by atomic mass is 127. The molecule has 2 aromatic carbocycles. The minimum atomic E-state index is -0.138. The molecule has 0 unspecified atom stereocenters. The molecule has 1 N–H and O–H groups in total. The standard InChI is InChI=1S/C21H17IN2O4S2/c22-14-3-1-4-15(11-14)23-19(25)5-2-8-24-20(26)18(30-21(24)29)10-13-6-7-16-17(9-13)28-12-27-16/h1,3-4,6-7,9-11H,2,5,8,12H2,(H,23,25)/b18-10-. The highest BCUT2D eigenvalue weighted by Gasteiger charge is 2.31. The molecule has 2 aromatic rings. The summed E-state index contributed by atoms with van der Waals surface area (Å²) < 4.78 is 12.2. The Kier molecular flexibility index (Phi) is 6.59. The summed E-state index contributed by atoms with van der Waals surface area (Å²) in [4.78, 5) is 27.0. The number of nitrogens with zero attached hydrogens (tertiary/aromatic N) is 1. The Morgan fingerprint density at radius 2 is 2.07 bits per heavy atom. The Hall–Kier alpha value is -2.11. The molecular weight excluding hydrogens is 535 g/mol. The smallest absolute Gasteiger partial charge is 0.266 e. The van der Waals surface area contributed by atoms with Crippen molar-refractivity contribution in [3.8, 4) is 11.5 Å². The van der Waals surface area contributed by atoms with Crippen LogP contribution in [0.5, 0.6) is 11.5 Å². The van der Waals surface area contributed by atoms with Crippen LogP contribution in [-0.2, 0) is 9.59 Å². The van der Waals surface area contributed by atoms with Gasteiger partial charge in [-0.25, -0.2) is 0 Å². The van der Waals surface area contributed by atoms with E-state index in [1.165, 1.54) is 11.8 Å². The van der Waals surface area contributed by atoms with E-state index in [9.17, 15) is 9.59 Å². The minimum absolute atomic E-state index is 0.0849. The second-order valence-corrected chi connectivity index (χ2v) is 9.53. The Bertz CT molecular complexity index is 1060. The second kappa shape index (κ2) is 9.36. The lowest BCUT2D eigenvalue weighted by Gasteiger charge is -2.14. The van der Waals surface area contributed by atoms with Crippen molar-refractivity contribution in [1.82, 2.24) is 4.90 Å². The fourth-order valence-corrected chi connectivity index (χ4v) is 4.89.